The Morgan fingerprint density at radius 2 is 1.41 bits per heavy atom. The van der Waals surface area contributed by atoms with Crippen LogP contribution in [0.4, 0.5) is 0 Å². The summed E-state index contributed by atoms with van der Waals surface area (Å²) in [5, 5.41) is 14.0. The molecule has 0 aliphatic heterocycles. The van der Waals surface area contributed by atoms with E-state index in [-0.39, 0.29) is 6.04 Å². The van der Waals surface area contributed by atoms with E-state index in [4.69, 9.17) is 4.74 Å². The predicted octanol–water partition coefficient (Wildman–Crippen LogP) is 4.52. The number of aliphatic hydroxyl groups excluding tert-OH is 1. The highest BCUT2D eigenvalue weighted by atomic mass is 16.5. The minimum atomic E-state index is -0.552. The van der Waals surface area contributed by atoms with Crippen LogP contribution in [0, 0.1) is 0 Å². The molecule has 2 atom stereocenters. The minimum absolute atomic E-state index is 0.0233. The largest absolute Gasteiger partial charge is 0.489 e. The molecule has 3 nitrogen and oxygen atoms in total. The molecule has 0 unspecified atom stereocenters. The number of aliphatic hydroxyl groups is 1. The van der Waals surface area contributed by atoms with Crippen LogP contribution < -0.4 is 10.1 Å². The Balaban J connectivity index is 1.46. The molecule has 0 saturated heterocycles. The second-order valence-electron chi connectivity index (χ2n) is 6.77. The van der Waals surface area contributed by atoms with Crippen molar-refractivity contribution in [3.8, 4) is 5.75 Å². The topological polar surface area (TPSA) is 41.5 Å². The van der Waals surface area contributed by atoms with Gasteiger partial charge in [-0.2, -0.15) is 0 Å². The summed E-state index contributed by atoms with van der Waals surface area (Å²) in [6.45, 7) is 3.39. The third kappa shape index (κ3) is 5.95. The molecule has 0 radical (unpaired) electrons. The molecule has 2 N–H and O–H groups in total. The lowest BCUT2D eigenvalue weighted by Gasteiger charge is -2.21. The highest BCUT2D eigenvalue weighted by Crippen LogP contribution is 2.21. The van der Waals surface area contributed by atoms with Gasteiger partial charge in [0.1, 0.15) is 12.4 Å². The van der Waals surface area contributed by atoms with Gasteiger partial charge in [-0.1, -0.05) is 72.8 Å². The van der Waals surface area contributed by atoms with Gasteiger partial charge in [0, 0.05) is 6.04 Å². The third-order valence-corrected chi connectivity index (χ3v) is 4.67. The first-order valence-electron chi connectivity index (χ1n) is 9.44. The molecular formula is C24H27NO2. The van der Waals surface area contributed by atoms with Gasteiger partial charge in [-0.3, -0.25) is 0 Å². The van der Waals surface area contributed by atoms with Crippen molar-refractivity contribution >= 4 is 0 Å². The summed E-state index contributed by atoms with van der Waals surface area (Å²) in [7, 11) is 0. The summed E-state index contributed by atoms with van der Waals surface area (Å²) in [6.07, 6.45) is 0.397. The van der Waals surface area contributed by atoms with Gasteiger partial charge in [-0.25, -0.2) is 0 Å². The molecule has 27 heavy (non-hydrogen) atoms. The number of rotatable bonds is 9. The fraction of sp³-hybridized carbons (Fsp3) is 0.250. The van der Waals surface area contributed by atoms with E-state index in [2.05, 4.69) is 29.6 Å². The van der Waals surface area contributed by atoms with Gasteiger partial charge >= 0.3 is 0 Å². The van der Waals surface area contributed by atoms with Crippen LogP contribution in [-0.4, -0.2) is 17.7 Å². The van der Waals surface area contributed by atoms with Crippen LogP contribution in [0.5, 0.6) is 5.75 Å². The molecule has 0 bridgehead atoms. The second kappa shape index (κ2) is 9.91. The van der Waals surface area contributed by atoms with E-state index in [1.165, 1.54) is 5.56 Å². The average Bonchev–Trinajstić information content (AvgIpc) is 2.73. The summed E-state index contributed by atoms with van der Waals surface area (Å²) >= 11 is 0. The Labute approximate surface area is 161 Å². The summed E-state index contributed by atoms with van der Waals surface area (Å²) < 4.78 is 5.80. The van der Waals surface area contributed by atoms with Crippen molar-refractivity contribution in [1.29, 1.82) is 0 Å². The first-order chi connectivity index (χ1) is 13.2. The molecule has 0 saturated carbocycles. The molecule has 0 fully saturated rings. The van der Waals surface area contributed by atoms with Crippen LogP contribution in [0.25, 0.3) is 0 Å². The van der Waals surface area contributed by atoms with Gasteiger partial charge in [0.2, 0.25) is 0 Å². The highest BCUT2D eigenvalue weighted by Gasteiger charge is 2.15. The molecule has 0 aliphatic carbocycles. The SMILES string of the molecule is C[C@H](NCCc1ccccc1)[C@H](O)c1ccc(OCc2ccccc2)cc1. The van der Waals surface area contributed by atoms with Crippen molar-refractivity contribution in [2.45, 2.75) is 32.1 Å². The zero-order valence-corrected chi connectivity index (χ0v) is 15.7. The summed E-state index contributed by atoms with van der Waals surface area (Å²) in [5.41, 5.74) is 3.33. The standard InChI is InChI=1S/C24H27NO2/c1-19(25-17-16-20-8-4-2-5-9-20)24(26)22-12-14-23(15-13-22)27-18-21-10-6-3-7-11-21/h2-15,19,24-26H,16-18H2,1H3/t19-,24-/m0/s1. The Morgan fingerprint density at radius 1 is 0.815 bits per heavy atom. The van der Waals surface area contributed by atoms with Gasteiger partial charge in [0.15, 0.2) is 0 Å². The molecule has 0 amide bonds. The van der Waals surface area contributed by atoms with Crippen LogP contribution in [0.3, 0.4) is 0 Å². The van der Waals surface area contributed by atoms with Crippen molar-refractivity contribution in [2.75, 3.05) is 6.54 Å². The van der Waals surface area contributed by atoms with Crippen LogP contribution in [-0.2, 0) is 13.0 Å². The summed E-state index contributed by atoms with van der Waals surface area (Å²) in [4.78, 5) is 0. The fourth-order valence-corrected chi connectivity index (χ4v) is 2.99. The first-order valence-corrected chi connectivity index (χ1v) is 9.44. The molecule has 3 heteroatoms. The van der Waals surface area contributed by atoms with Crippen LogP contribution in [0.2, 0.25) is 0 Å². The molecule has 3 aromatic rings. The molecule has 0 aliphatic rings. The van der Waals surface area contributed by atoms with Crippen LogP contribution >= 0.6 is 0 Å². The lowest BCUT2D eigenvalue weighted by atomic mass is 10.0. The summed E-state index contributed by atoms with van der Waals surface area (Å²) in [6, 6.07) is 28.1. The van der Waals surface area contributed by atoms with E-state index < -0.39 is 6.10 Å². The average molecular weight is 361 g/mol. The van der Waals surface area contributed by atoms with E-state index in [1.807, 2.05) is 67.6 Å². The molecule has 140 valence electrons. The first kappa shape index (κ1) is 19.2. The maximum atomic E-state index is 10.6. The molecule has 3 rings (SSSR count). The smallest absolute Gasteiger partial charge is 0.119 e. The Hall–Kier alpha value is -2.62. The maximum Gasteiger partial charge on any atom is 0.119 e. The van der Waals surface area contributed by atoms with Crippen molar-refractivity contribution in [2.24, 2.45) is 0 Å². The normalized spacial score (nSPS) is 13.1. The van der Waals surface area contributed by atoms with Crippen molar-refractivity contribution < 1.29 is 9.84 Å². The van der Waals surface area contributed by atoms with E-state index in [0.717, 1.165) is 29.8 Å². The number of ether oxygens (including phenoxy) is 1. The number of hydrogen-bond donors (Lipinski definition) is 2. The lowest BCUT2D eigenvalue weighted by Crippen LogP contribution is -2.33. The quantitative estimate of drug-likeness (QED) is 0.589. The zero-order valence-electron chi connectivity index (χ0n) is 15.7. The molecular weight excluding hydrogens is 334 g/mol. The second-order valence-corrected chi connectivity index (χ2v) is 6.77. The number of nitrogens with one attached hydrogen (secondary N) is 1. The van der Waals surface area contributed by atoms with Gasteiger partial charge in [-0.15, -0.1) is 0 Å². The van der Waals surface area contributed by atoms with Crippen molar-refractivity contribution in [1.82, 2.24) is 5.32 Å². The van der Waals surface area contributed by atoms with Gasteiger partial charge in [0.25, 0.3) is 0 Å². The highest BCUT2D eigenvalue weighted by molar-refractivity contribution is 5.29. The Bertz CT molecular complexity index is 788. The van der Waals surface area contributed by atoms with Crippen molar-refractivity contribution in [3.05, 3.63) is 102 Å². The monoisotopic (exact) mass is 361 g/mol. The number of benzene rings is 3. The van der Waals surface area contributed by atoms with Crippen LogP contribution in [0.1, 0.15) is 29.7 Å². The Kier molecular flexibility index (Phi) is 7.03. The summed E-state index contributed by atoms with van der Waals surface area (Å²) in [5.74, 6) is 0.805. The van der Waals surface area contributed by atoms with E-state index >= 15 is 0 Å². The van der Waals surface area contributed by atoms with Crippen molar-refractivity contribution in [3.63, 3.8) is 0 Å². The molecule has 0 heterocycles. The van der Waals surface area contributed by atoms with Crippen LogP contribution in [0.15, 0.2) is 84.9 Å². The predicted molar refractivity (Wildman–Crippen MR) is 110 cm³/mol. The Morgan fingerprint density at radius 3 is 2.04 bits per heavy atom. The fourth-order valence-electron chi connectivity index (χ4n) is 2.99. The van der Waals surface area contributed by atoms with Gasteiger partial charge in [-0.05, 0) is 48.7 Å². The third-order valence-electron chi connectivity index (χ3n) is 4.67. The zero-order chi connectivity index (χ0) is 18.9. The molecule has 0 aromatic heterocycles. The molecule has 3 aromatic carbocycles. The molecule has 0 spiro atoms. The van der Waals surface area contributed by atoms with E-state index in [9.17, 15) is 5.11 Å². The van der Waals surface area contributed by atoms with E-state index in [1.54, 1.807) is 0 Å². The maximum absolute atomic E-state index is 10.6. The van der Waals surface area contributed by atoms with Gasteiger partial charge in [0.05, 0.1) is 6.10 Å². The van der Waals surface area contributed by atoms with E-state index in [0.29, 0.717) is 6.61 Å². The van der Waals surface area contributed by atoms with Gasteiger partial charge < -0.3 is 15.2 Å². The number of hydrogen-bond acceptors (Lipinski definition) is 3. The minimum Gasteiger partial charge on any atom is -0.489 e. The lowest BCUT2D eigenvalue weighted by molar-refractivity contribution is 0.136.